The SMILES string of the molecule is CC(C)(C)C(=O)N1CCc2cc(OC(=O)c3ccccc3-c3ccc(C(F)(F)F)cc3)ccc2C1. The minimum atomic E-state index is -4.43. The fraction of sp³-hybridized carbons (Fsp3) is 0.286. The zero-order valence-electron chi connectivity index (χ0n) is 19.8. The van der Waals surface area contributed by atoms with E-state index in [-0.39, 0.29) is 11.5 Å². The molecule has 182 valence electrons. The van der Waals surface area contributed by atoms with Crippen molar-refractivity contribution < 1.29 is 27.5 Å². The number of halogens is 3. The highest BCUT2D eigenvalue weighted by Gasteiger charge is 2.31. The Hall–Kier alpha value is -3.61. The number of alkyl halides is 3. The number of ether oxygens (including phenoxy) is 1. The van der Waals surface area contributed by atoms with Gasteiger partial charge in [0.2, 0.25) is 5.91 Å². The van der Waals surface area contributed by atoms with Gasteiger partial charge in [0, 0.05) is 18.5 Å². The fourth-order valence-corrected chi connectivity index (χ4v) is 4.15. The Labute approximate surface area is 202 Å². The standard InChI is InChI=1S/C28H26F3NO3/c1-27(2,3)26(34)32-15-14-19-16-22(13-10-20(19)17-32)35-25(33)24-7-5-4-6-23(24)18-8-11-21(12-9-18)28(29,30)31/h4-13,16H,14-15,17H2,1-3H3. The van der Waals surface area contributed by atoms with Gasteiger partial charge in [-0.1, -0.05) is 57.2 Å². The lowest BCUT2D eigenvalue weighted by atomic mass is 9.92. The topological polar surface area (TPSA) is 46.6 Å². The van der Waals surface area contributed by atoms with Crippen LogP contribution in [0.5, 0.6) is 5.75 Å². The number of hydrogen-bond acceptors (Lipinski definition) is 3. The zero-order valence-corrected chi connectivity index (χ0v) is 19.8. The molecular formula is C28H26F3NO3. The summed E-state index contributed by atoms with van der Waals surface area (Å²) in [7, 11) is 0. The first kappa shape index (κ1) is 24.5. The molecule has 0 aliphatic carbocycles. The Morgan fingerprint density at radius 1 is 0.886 bits per heavy atom. The van der Waals surface area contributed by atoms with E-state index in [0.29, 0.717) is 36.4 Å². The molecule has 1 heterocycles. The number of nitrogens with zero attached hydrogens (tertiary/aromatic N) is 1. The second kappa shape index (κ2) is 9.21. The van der Waals surface area contributed by atoms with Gasteiger partial charge in [-0.15, -0.1) is 0 Å². The minimum absolute atomic E-state index is 0.0959. The summed E-state index contributed by atoms with van der Waals surface area (Å²) < 4.78 is 44.4. The molecule has 3 aromatic rings. The van der Waals surface area contributed by atoms with Crippen LogP contribution in [0.2, 0.25) is 0 Å². The number of benzene rings is 3. The van der Waals surface area contributed by atoms with Crippen molar-refractivity contribution in [1.29, 1.82) is 0 Å². The molecule has 0 bridgehead atoms. The first-order valence-electron chi connectivity index (χ1n) is 11.3. The third-order valence-electron chi connectivity index (χ3n) is 6.00. The van der Waals surface area contributed by atoms with Gasteiger partial charge in [0.1, 0.15) is 5.75 Å². The molecule has 0 atom stereocenters. The molecule has 4 rings (SSSR count). The molecule has 1 amide bonds. The van der Waals surface area contributed by atoms with Crippen LogP contribution in [-0.2, 0) is 23.9 Å². The summed E-state index contributed by atoms with van der Waals surface area (Å²) in [6.07, 6.45) is -3.77. The van der Waals surface area contributed by atoms with Gasteiger partial charge in [-0.3, -0.25) is 4.79 Å². The van der Waals surface area contributed by atoms with Crippen molar-refractivity contribution in [3.05, 3.63) is 89.0 Å². The van der Waals surface area contributed by atoms with E-state index in [1.165, 1.54) is 12.1 Å². The van der Waals surface area contributed by atoms with Gasteiger partial charge in [0.05, 0.1) is 11.1 Å². The van der Waals surface area contributed by atoms with Gasteiger partial charge in [0.15, 0.2) is 0 Å². The molecule has 0 saturated heterocycles. The molecule has 0 fully saturated rings. The van der Waals surface area contributed by atoms with E-state index in [1.54, 1.807) is 30.3 Å². The molecule has 0 radical (unpaired) electrons. The Kier molecular flexibility index (Phi) is 6.45. The van der Waals surface area contributed by atoms with Crippen molar-refractivity contribution in [1.82, 2.24) is 4.90 Å². The summed E-state index contributed by atoms with van der Waals surface area (Å²) in [5, 5.41) is 0. The molecule has 4 nitrogen and oxygen atoms in total. The fourth-order valence-electron chi connectivity index (χ4n) is 4.15. The number of hydrogen-bond donors (Lipinski definition) is 0. The molecule has 1 aliphatic heterocycles. The van der Waals surface area contributed by atoms with Crippen molar-refractivity contribution in [3.8, 4) is 16.9 Å². The van der Waals surface area contributed by atoms with Crippen molar-refractivity contribution in [2.24, 2.45) is 5.41 Å². The number of carbonyl (C=O) groups is 2. The lowest BCUT2D eigenvalue weighted by molar-refractivity contribution is -0.140. The highest BCUT2D eigenvalue weighted by atomic mass is 19.4. The van der Waals surface area contributed by atoms with E-state index in [9.17, 15) is 22.8 Å². The van der Waals surface area contributed by atoms with Gasteiger partial charge in [-0.2, -0.15) is 13.2 Å². The van der Waals surface area contributed by atoms with E-state index >= 15 is 0 Å². The van der Waals surface area contributed by atoms with Crippen molar-refractivity contribution in [2.45, 2.75) is 39.9 Å². The van der Waals surface area contributed by atoms with E-state index < -0.39 is 23.1 Å². The first-order valence-corrected chi connectivity index (χ1v) is 11.3. The Balaban J connectivity index is 1.52. The number of amides is 1. The third-order valence-corrected chi connectivity index (χ3v) is 6.00. The quantitative estimate of drug-likeness (QED) is 0.316. The zero-order chi connectivity index (χ0) is 25.4. The van der Waals surface area contributed by atoms with Crippen LogP contribution in [0.25, 0.3) is 11.1 Å². The maximum absolute atomic E-state index is 13.0. The Bertz CT molecular complexity index is 1260. The van der Waals surface area contributed by atoms with Gasteiger partial charge >= 0.3 is 12.1 Å². The Morgan fingerprint density at radius 3 is 2.23 bits per heavy atom. The van der Waals surface area contributed by atoms with Crippen molar-refractivity contribution >= 4 is 11.9 Å². The van der Waals surface area contributed by atoms with Crippen molar-refractivity contribution in [2.75, 3.05) is 6.54 Å². The van der Waals surface area contributed by atoms with E-state index in [4.69, 9.17) is 4.74 Å². The molecule has 0 aromatic heterocycles. The number of rotatable bonds is 3. The summed E-state index contributed by atoms with van der Waals surface area (Å²) in [5.74, 6) is -0.120. The molecule has 0 unspecified atom stereocenters. The van der Waals surface area contributed by atoms with Gasteiger partial charge in [-0.25, -0.2) is 4.79 Å². The maximum atomic E-state index is 13.0. The van der Waals surface area contributed by atoms with Crippen LogP contribution in [0.1, 0.15) is 47.8 Å². The minimum Gasteiger partial charge on any atom is -0.423 e. The second-order valence-electron chi connectivity index (χ2n) is 9.67. The van der Waals surface area contributed by atoms with Crippen LogP contribution in [-0.4, -0.2) is 23.3 Å². The lowest BCUT2D eigenvalue weighted by Crippen LogP contribution is -2.42. The molecule has 7 heteroatoms. The maximum Gasteiger partial charge on any atom is 0.416 e. The molecule has 35 heavy (non-hydrogen) atoms. The third kappa shape index (κ3) is 5.39. The molecule has 0 saturated carbocycles. The van der Waals surface area contributed by atoms with E-state index in [2.05, 4.69) is 0 Å². The summed E-state index contributed by atoms with van der Waals surface area (Å²) >= 11 is 0. The predicted molar refractivity (Wildman–Crippen MR) is 127 cm³/mol. The average Bonchev–Trinajstić information content (AvgIpc) is 2.82. The largest absolute Gasteiger partial charge is 0.423 e. The van der Waals surface area contributed by atoms with Gasteiger partial charge in [0.25, 0.3) is 0 Å². The highest BCUT2D eigenvalue weighted by molar-refractivity contribution is 5.98. The Morgan fingerprint density at radius 2 is 1.57 bits per heavy atom. The smallest absolute Gasteiger partial charge is 0.416 e. The normalized spacial score (nSPS) is 13.8. The van der Waals surface area contributed by atoms with Crippen LogP contribution in [0.4, 0.5) is 13.2 Å². The molecule has 0 spiro atoms. The molecule has 1 aliphatic rings. The van der Waals surface area contributed by atoms with Crippen LogP contribution in [0.3, 0.4) is 0 Å². The molecule has 3 aromatic carbocycles. The number of fused-ring (bicyclic) bond motifs is 1. The first-order chi connectivity index (χ1) is 16.4. The average molecular weight is 482 g/mol. The lowest BCUT2D eigenvalue weighted by Gasteiger charge is -2.33. The summed E-state index contributed by atoms with van der Waals surface area (Å²) in [6, 6.07) is 16.7. The van der Waals surface area contributed by atoms with Crippen LogP contribution in [0.15, 0.2) is 66.7 Å². The summed E-state index contributed by atoms with van der Waals surface area (Å²) in [5.41, 5.74) is 2.06. The summed E-state index contributed by atoms with van der Waals surface area (Å²) in [4.78, 5) is 27.5. The molecular weight excluding hydrogens is 455 g/mol. The monoisotopic (exact) mass is 481 g/mol. The predicted octanol–water partition coefficient (Wildman–Crippen LogP) is 6.52. The van der Waals surface area contributed by atoms with Crippen LogP contribution < -0.4 is 4.74 Å². The van der Waals surface area contributed by atoms with Gasteiger partial charge < -0.3 is 9.64 Å². The van der Waals surface area contributed by atoms with Crippen LogP contribution in [0, 0.1) is 5.41 Å². The second-order valence-corrected chi connectivity index (χ2v) is 9.67. The highest BCUT2D eigenvalue weighted by Crippen LogP contribution is 2.33. The van der Waals surface area contributed by atoms with Crippen molar-refractivity contribution in [3.63, 3.8) is 0 Å². The van der Waals surface area contributed by atoms with Crippen LogP contribution >= 0.6 is 0 Å². The van der Waals surface area contributed by atoms with Gasteiger partial charge in [-0.05, 0) is 59.0 Å². The summed E-state index contributed by atoms with van der Waals surface area (Å²) in [6.45, 7) is 6.80. The molecule has 0 N–H and O–H groups in total. The van der Waals surface area contributed by atoms with E-state index in [0.717, 1.165) is 23.3 Å². The number of carbonyl (C=O) groups excluding carboxylic acids is 2. The van der Waals surface area contributed by atoms with E-state index in [1.807, 2.05) is 37.8 Å². The number of esters is 1.